The van der Waals surface area contributed by atoms with Crippen LogP contribution >= 0.6 is 0 Å². The second-order valence-corrected chi connectivity index (χ2v) is 11.6. The van der Waals surface area contributed by atoms with Crippen LogP contribution in [0.4, 0.5) is 0 Å². The normalized spacial score (nSPS) is 20.9. The third-order valence-corrected chi connectivity index (χ3v) is 7.78. The van der Waals surface area contributed by atoms with Gasteiger partial charge in [0.2, 0.25) is 17.7 Å². The van der Waals surface area contributed by atoms with Gasteiger partial charge in [-0.2, -0.15) is 0 Å². The zero-order valence-corrected chi connectivity index (χ0v) is 23.8. The standard InChI is InChI=1S/C30H45N5O4/c1-19(2)14-27(33-20(3)36)29(37)34-22-15-21(16-31-17-22)30(38)35(23-11-12-23)28(10-7-13-39-4)25-18-32-26-9-6-5-8-24(25)26/h5-6,8-9,18-19,21-23,27-28,31-32H,7,10-17H2,1-4H3,(H,33,36)(H,34,37)/t21-,22-,27-,28?/m0/s1. The van der Waals surface area contributed by atoms with Crippen LogP contribution in [0.15, 0.2) is 30.5 Å². The van der Waals surface area contributed by atoms with Gasteiger partial charge in [-0.15, -0.1) is 0 Å². The number of nitrogens with one attached hydrogen (secondary N) is 4. The molecule has 1 aromatic carbocycles. The highest BCUT2D eigenvalue weighted by molar-refractivity contribution is 5.88. The van der Waals surface area contributed by atoms with Crippen LogP contribution in [0.1, 0.15) is 70.9 Å². The van der Waals surface area contributed by atoms with E-state index in [1.165, 1.54) is 6.92 Å². The van der Waals surface area contributed by atoms with Crippen LogP contribution in [0.5, 0.6) is 0 Å². The van der Waals surface area contributed by atoms with Crippen molar-refractivity contribution in [2.45, 2.75) is 83.5 Å². The summed E-state index contributed by atoms with van der Waals surface area (Å²) in [5.74, 6) is -0.226. The Labute approximate surface area is 231 Å². The molecule has 0 radical (unpaired) electrons. The molecule has 2 heterocycles. The first-order valence-electron chi connectivity index (χ1n) is 14.4. The number of para-hydroxylation sites is 1. The third kappa shape index (κ3) is 7.60. The largest absolute Gasteiger partial charge is 0.385 e. The number of fused-ring (bicyclic) bond motifs is 1. The summed E-state index contributed by atoms with van der Waals surface area (Å²) in [5, 5.41) is 10.4. The van der Waals surface area contributed by atoms with Gasteiger partial charge in [0.25, 0.3) is 0 Å². The molecular formula is C30H45N5O4. The molecule has 1 aliphatic carbocycles. The lowest BCUT2D eigenvalue weighted by Crippen LogP contribution is -2.56. The summed E-state index contributed by atoms with van der Waals surface area (Å²) in [5.41, 5.74) is 2.23. The number of benzene rings is 1. The van der Waals surface area contributed by atoms with Crippen molar-refractivity contribution in [2.75, 3.05) is 26.8 Å². The van der Waals surface area contributed by atoms with Crippen molar-refractivity contribution in [1.82, 2.24) is 25.8 Å². The molecule has 1 saturated heterocycles. The minimum absolute atomic E-state index is 0.0403. The fourth-order valence-corrected chi connectivity index (χ4v) is 5.88. The predicted octanol–water partition coefficient (Wildman–Crippen LogP) is 3.27. The van der Waals surface area contributed by atoms with E-state index in [4.69, 9.17) is 4.74 Å². The van der Waals surface area contributed by atoms with Crippen molar-refractivity contribution in [1.29, 1.82) is 0 Å². The molecule has 2 aromatic rings. The summed E-state index contributed by atoms with van der Waals surface area (Å²) in [4.78, 5) is 44.5. The van der Waals surface area contributed by atoms with Crippen LogP contribution in [0.3, 0.4) is 0 Å². The number of nitrogens with zero attached hydrogens (tertiary/aromatic N) is 1. The number of piperidine rings is 1. The molecule has 3 amide bonds. The number of methoxy groups -OCH3 is 1. The lowest BCUT2D eigenvalue weighted by Gasteiger charge is -2.38. The second-order valence-electron chi connectivity index (χ2n) is 11.6. The summed E-state index contributed by atoms with van der Waals surface area (Å²) in [6, 6.07) is 7.70. The number of aromatic nitrogens is 1. The Morgan fingerprint density at radius 3 is 2.62 bits per heavy atom. The SMILES string of the molecule is COCCCC(c1c[nH]c2ccccc12)N(C(=O)[C@@H]1CNC[C@@H](NC(=O)[C@H](CC(C)C)NC(C)=O)C1)C1CC1. The zero-order chi connectivity index (χ0) is 27.9. The zero-order valence-electron chi connectivity index (χ0n) is 23.8. The van der Waals surface area contributed by atoms with E-state index in [2.05, 4.69) is 44.2 Å². The van der Waals surface area contributed by atoms with Gasteiger partial charge in [0.1, 0.15) is 6.04 Å². The van der Waals surface area contributed by atoms with Crippen LogP contribution in [-0.4, -0.2) is 72.5 Å². The smallest absolute Gasteiger partial charge is 0.242 e. The van der Waals surface area contributed by atoms with Crippen molar-refractivity contribution in [2.24, 2.45) is 11.8 Å². The average Bonchev–Trinajstić information content (AvgIpc) is 3.65. The lowest BCUT2D eigenvalue weighted by atomic mass is 9.91. The molecule has 2 fully saturated rings. The minimum Gasteiger partial charge on any atom is -0.385 e. The monoisotopic (exact) mass is 539 g/mol. The Morgan fingerprint density at radius 1 is 1.15 bits per heavy atom. The summed E-state index contributed by atoms with van der Waals surface area (Å²) >= 11 is 0. The van der Waals surface area contributed by atoms with Crippen molar-refractivity contribution in [3.63, 3.8) is 0 Å². The number of hydrogen-bond donors (Lipinski definition) is 4. The highest BCUT2D eigenvalue weighted by Crippen LogP contribution is 2.40. The molecule has 4 atom stereocenters. The molecule has 9 nitrogen and oxygen atoms in total. The van der Waals surface area contributed by atoms with Gasteiger partial charge in [-0.1, -0.05) is 32.0 Å². The highest BCUT2D eigenvalue weighted by Gasteiger charge is 2.42. The maximum atomic E-state index is 14.2. The molecule has 2 aliphatic rings. The van der Waals surface area contributed by atoms with Gasteiger partial charge >= 0.3 is 0 Å². The van der Waals surface area contributed by atoms with Crippen LogP contribution in [0, 0.1) is 11.8 Å². The predicted molar refractivity (Wildman–Crippen MR) is 152 cm³/mol. The number of carbonyl (C=O) groups is 3. The van der Waals surface area contributed by atoms with E-state index in [-0.39, 0.29) is 47.7 Å². The van der Waals surface area contributed by atoms with Gasteiger partial charge in [-0.25, -0.2) is 0 Å². The number of rotatable bonds is 13. The molecule has 9 heteroatoms. The first-order chi connectivity index (χ1) is 18.8. The molecule has 1 aliphatic heterocycles. The fourth-order valence-electron chi connectivity index (χ4n) is 5.88. The number of aromatic amines is 1. The summed E-state index contributed by atoms with van der Waals surface area (Å²) in [6.07, 6.45) is 6.92. The van der Waals surface area contributed by atoms with E-state index in [1.807, 2.05) is 26.0 Å². The number of hydrogen-bond acceptors (Lipinski definition) is 5. The number of H-pyrrole nitrogens is 1. The number of amides is 3. The van der Waals surface area contributed by atoms with Gasteiger partial charge in [0.15, 0.2) is 0 Å². The van der Waals surface area contributed by atoms with Crippen molar-refractivity contribution in [3.05, 3.63) is 36.0 Å². The second kappa shape index (κ2) is 13.4. The van der Waals surface area contributed by atoms with Crippen molar-refractivity contribution in [3.8, 4) is 0 Å². The van der Waals surface area contributed by atoms with Gasteiger partial charge in [-0.3, -0.25) is 14.4 Å². The Kier molecular flexibility index (Phi) is 10.0. The Hall–Kier alpha value is -2.91. The summed E-state index contributed by atoms with van der Waals surface area (Å²) < 4.78 is 5.36. The lowest BCUT2D eigenvalue weighted by molar-refractivity contribution is -0.140. The molecule has 39 heavy (non-hydrogen) atoms. The Morgan fingerprint density at radius 2 is 1.92 bits per heavy atom. The first kappa shape index (κ1) is 29.1. The molecular weight excluding hydrogens is 494 g/mol. The highest BCUT2D eigenvalue weighted by atomic mass is 16.5. The van der Waals surface area contributed by atoms with Crippen LogP contribution < -0.4 is 16.0 Å². The number of ether oxygens (including phenoxy) is 1. The fraction of sp³-hybridized carbons (Fsp3) is 0.633. The van der Waals surface area contributed by atoms with Gasteiger partial charge < -0.3 is 30.6 Å². The molecule has 1 saturated carbocycles. The minimum atomic E-state index is -0.575. The van der Waals surface area contributed by atoms with Gasteiger partial charge in [-0.05, 0) is 56.1 Å². The molecule has 1 unspecified atom stereocenters. The quantitative estimate of drug-likeness (QED) is 0.292. The Bertz CT molecular complexity index is 1130. The van der Waals surface area contributed by atoms with E-state index in [1.54, 1.807) is 7.11 Å². The maximum Gasteiger partial charge on any atom is 0.242 e. The molecule has 214 valence electrons. The average molecular weight is 540 g/mol. The van der Waals surface area contributed by atoms with Crippen LogP contribution in [-0.2, 0) is 19.1 Å². The third-order valence-electron chi connectivity index (χ3n) is 7.78. The molecule has 0 bridgehead atoms. The molecule has 0 spiro atoms. The van der Waals surface area contributed by atoms with E-state index >= 15 is 0 Å². The van der Waals surface area contributed by atoms with Gasteiger partial charge in [0.05, 0.1) is 12.0 Å². The Balaban J connectivity index is 1.51. The number of carbonyl (C=O) groups excluding carboxylic acids is 3. The molecule has 4 rings (SSSR count). The van der Waals surface area contributed by atoms with Crippen LogP contribution in [0.2, 0.25) is 0 Å². The summed E-state index contributed by atoms with van der Waals surface area (Å²) in [6.45, 7) is 7.34. The van der Waals surface area contributed by atoms with Crippen molar-refractivity contribution >= 4 is 28.6 Å². The van der Waals surface area contributed by atoms with Crippen LogP contribution in [0.25, 0.3) is 10.9 Å². The summed E-state index contributed by atoms with van der Waals surface area (Å²) in [7, 11) is 1.71. The topological polar surface area (TPSA) is 116 Å². The van der Waals surface area contributed by atoms with Gasteiger partial charge in [0, 0.05) is 62.9 Å². The van der Waals surface area contributed by atoms with E-state index < -0.39 is 6.04 Å². The van der Waals surface area contributed by atoms with Crippen molar-refractivity contribution < 1.29 is 19.1 Å². The molecule has 4 N–H and O–H groups in total. The van der Waals surface area contributed by atoms with E-state index in [9.17, 15) is 14.4 Å². The molecule has 1 aromatic heterocycles. The first-order valence-corrected chi connectivity index (χ1v) is 14.4. The van der Waals surface area contributed by atoms with E-state index in [0.29, 0.717) is 32.5 Å². The van der Waals surface area contributed by atoms with E-state index in [0.717, 1.165) is 42.1 Å². The maximum absolute atomic E-state index is 14.2.